The number of hydrogen-bond acceptors (Lipinski definition) is 3. The molecule has 0 bridgehead atoms. The number of ether oxygens (including phenoxy) is 2. The van der Waals surface area contributed by atoms with E-state index in [9.17, 15) is 26.3 Å². The number of hydrogen-bond donors (Lipinski definition) is 0. The van der Waals surface area contributed by atoms with Crippen molar-refractivity contribution >= 4 is 23.0 Å². The molecule has 1 aliphatic heterocycles. The van der Waals surface area contributed by atoms with Crippen molar-refractivity contribution in [3.63, 3.8) is 0 Å². The van der Waals surface area contributed by atoms with Crippen molar-refractivity contribution in [3.05, 3.63) is 69.8 Å². The molecule has 3 nitrogen and oxygen atoms in total. The fourth-order valence-corrected chi connectivity index (χ4v) is 6.05. The van der Waals surface area contributed by atoms with E-state index >= 15 is 0 Å². The van der Waals surface area contributed by atoms with Gasteiger partial charge in [0.1, 0.15) is 11.9 Å². The molecule has 0 N–H and O–H groups in total. The molecule has 41 heavy (non-hydrogen) atoms. The SMILES string of the molecule is COc1ccc(C(C)C)cc1C1=C(CN2C(=S)O[C@H](c3cc(C(F)(F)F)cc(C(F)(F)F)c3)[C@@H]2C)CC(C)(C)CC1. The fraction of sp³-hybridized carbons (Fsp3) is 0.516. The van der Waals surface area contributed by atoms with Gasteiger partial charge in [0.15, 0.2) is 0 Å². The van der Waals surface area contributed by atoms with Gasteiger partial charge < -0.3 is 14.4 Å². The molecule has 2 aliphatic rings. The number of allylic oxidation sites excluding steroid dienone is 1. The number of benzene rings is 2. The summed E-state index contributed by atoms with van der Waals surface area (Å²) in [6.07, 6.45) is -8.50. The van der Waals surface area contributed by atoms with Crippen molar-refractivity contribution in [2.45, 2.75) is 84.3 Å². The Morgan fingerprint density at radius 1 is 1.02 bits per heavy atom. The largest absolute Gasteiger partial charge is 0.496 e. The molecule has 2 aromatic carbocycles. The van der Waals surface area contributed by atoms with Gasteiger partial charge in [0.25, 0.3) is 5.17 Å². The first kappa shape index (κ1) is 31.2. The molecule has 0 amide bonds. The van der Waals surface area contributed by atoms with E-state index in [1.807, 2.05) is 12.1 Å². The third kappa shape index (κ3) is 6.68. The van der Waals surface area contributed by atoms with E-state index in [2.05, 4.69) is 33.8 Å². The second-order valence-electron chi connectivity index (χ2n) is 12.0. The monoisotopic (exact) mass is 599 g/mol. The number of nitrogens with zero attached hydrogens (tertiary/aromatic N) is 1. The van der Waals surface area contributed by atoms with Gasteiger partial charge in [0.05, 0.1) is 24.3 Å². The van der Waals surface area contributed by atoms with Gasteiger partial charge >= 0.3 is 12.4 Å². The van der Waals surface area contributed by atoms with Crippen LogP contribution in [0.2, 0.25) is 0 Å². The Labute approximate surface area is 242 Å². The van der Waals surface area contributed by atoms with Gasteiger partial charge in [0, 0.05) is 12.1 Å². The molecule has 224 valence electrons. The quantitative estimate of drug-likeness (QED) is 0.244. The van der Waals surface area contributed by atoms with Crippen molar-refractivity contribution in [1.82, 2.24) is 4.90 Å². The molecule has 0 unspecified atom stereocenters. The lowest BCUT2D eigenvalue weighted by molar-refractivity contribution is -0.143. The van der Waals surface area contributed by atoms with Crippen molar-refractivity contribution < 1.29 is 35.8 Å². The van der Waals surface area contributed by atoms with Gasteiger partial charge in [-0.05, 0) is 102 Å². The third-order valence-electron chi connectivity index (χ3n) is 8.08. The molecule has 2 aromatic rings. The van der Waals surface area contributed by atoms with Crippen LogP contribution in [0.1, 0.15) is 93.7 Å². The zero-order chi connectivity index (χ0) is 30.5. The van der Waals surface area contributed by atoms with E-state index in [1.54, 1.807) is 18.9 Å². The molecule has 4 rings (SSSR count). The summed E-state index contributed by atoms with van der Waals surface area (Å²) in [5, 5.41) is 0.0478. The van der Waals surface area contributed by atoms with Gasteiger partial charge in [0.2, 0.25) is 0 Å². The summed E-state index contributed by atoms with van der Waals surface area (Å²) in [5.41, 5.74) is 1.41. The predicted octanol–water partition coefficient (Wildman–Crippen LogP) is 9.57. The maximum absolute atomic E-state index is 13.5. The smallest absolute Gasteiger partial charge is 0.416 e. The number of alkyl halides is 6. The first-order valence-corrected chi connectivity index (χ1v) is 14.0. The molecule has 1 aliphatic carbocycles. The lowest BCUT2D eigenvalue weighted by Crippen LogP contribution is -2.35. The number of halogens is 6. The van der Waals surface area contributed by atoms with Crippen LogP contribution in [-0.4, -0.2) is 29.8 Å². The Hall–Kier alpha value is -2.75. The Kier molecular flexibility index (Phi) is 8.48. The van der Waals surface area contributed by atoms with Crippen LogP contribution in [-0.2, 0) is 17.1 Å². The second kappa shape index (κ2) is 11.2. The van der Waals surface area contributed by atoms with Gasteiger partial charge in [-0.2, -0.15) is 26.3 Å². The minimum atomic E-state index is -4.95. The molecule has 1 heterocycles. The van der Waals surface area contributed by atoms with Crippen molar-refractivity contribution in [2.75, 3.05) is 13.7 Å². The van der Waals surface area contributed by atoms with Gasteiger partial charge in [-0.1, -0.05) is 33.8 Å². The molecular weight excluding hydrogens is 564 g/mol. The molecule has 0 spiro atoms. The van der Waals surface area contributed by atoms with Crippen LogP contribution in [0.4, 0.5) is 26.3 Å². The molecule has 0 saturated carbocycles. The molecule has 10 heteroatoms. The van der Waals surface area contributed by atoms with Crippen LogP contribution in [0.25, 0.3) is 5.57 Å². The van der Waals surface area contributed by atoms with E-state index in [0.29, 0.717) is 12.5 Å². The van der Waals surface area contributed by atoms with Crippen molar-refractivity contribution in [3.8, 4) is 5.75 Å². The van der Waals surface area contributed by atoms with Crippen molar-refractivity contribution in [2.24, 2.45) is 5.41 Å². The van der Waals surface area contributed by atoms with Crippen LogP contribution >= 0.6 is 12.2 Å². The highest BCUT2D eigenvalue weighted by molar-refractivity contribution is 7.80. The van der Waals surface area contributed by atoms with Crippen LogP contribution in [0, 0.1) is 5.41 Å². The van der Waals surface area contributed by atoms with E-state index in [0.717, 1.165) is 59.4 Å². The van der Waals surface area contributed by atoms with Gasteiger partial charge in [-0.15, -0.1) is 0 Å². The highest BCUT2D eigenvalue weighted by Crippen LogP contribution is 2.47. The Morgan fingerprint density at radius 2 is 1.63 bits per heavy atom. The minimum Gasteiger partial charge on any atom is -0.496 e. The Balaban J connectivity index is 1.74. The van der Waals surface area contributed by atoms with E-state index in [-0.39, 0.29) is 22.2 Å². The normalized spacial score (nSPS) is 21.5. The van der Waals surface area contributed by atoms with Crippen molar-refractivity contribution in [1.29, 1.82) is 0 Å². The summed E-state index contributed by atoms with van der Waals surface area (Å²) < 4.78 is 92.8. The predicted molar refractivity (Wildman–Crippen MR) is 151 cm³/mol. The topological polar surface area (TPSA) is 21.7 Å². The second-order valence-corrected chi connectivity index (χ2v) is 12.4. The number of thiocarbonyl (C=S) groups is 1. The number of rotatable bonds is 6. The van der Waals surface area contributed by atoms with Crippen LogP contribution < -0.4 is 4.74 Å². The standard InChI is InChI=1S/C31H35F6NO2S/c1-17(2)19-7-8-26(39-6)25(13-19)24-9-10-29(4,5)15-21(24)16-38-18(3)27(40-28(38)41)20-11-22(30(32,33)34)14-23(12-20)31(35,36)37/h7-8,11-14,17-18,27H,9-10,15-16H2,1-6H3/t18-,27-/m0/s1. The highest BCUT2D eigenvalue weighted by atomic mass is 32.1. The average Bonchev–Trinajstić information content (AvgIpc) is 3.15. The molecular formula is C31H35F6NO2S. The maximum atomic E-state index is 13.5. The Morgan fingerprint density at radius 3 is 2.17 bits per heavy atom. The molecule has 2 atom stereocenters. The van der Waals surface area contributed by atoms with E-state index < -0.39 is 35.6 Å². The summed E-state index contributed by atoms with van der Waals surface area (Å²) in [6, 6.07) is 7.11. The van der Waals surface area contributed by atoms with Crippen LogP contribution in [0.3, 0.4) is 0 Å². The fourth-order valence-electron chi connectivity index (χ4n) is 5.72. The Bertz CT molecular complexity index is 1310. The average molecular weight is 600 g/mol. The summed E-state index contributed by atoms with van der Waals surface area (Å²) >= 11 is 5.50. The minimum absolute atomic E-state index is 0.00475. The molecule has 1 fully saturated rings. The zero-order valence-corrected chi connectivity index (χ0v) is 24.8. The summed E-state index contributed by atoms with van der Waals surface area (Å²) in [4.78, 5) is 1.77. The first-order valence-electron chi connectivity index (χ1n) is 13.6. The van der Waals surface area contributed by atoms with Crippen LogP contribution in [0.15, 0.2) is 42.0 Å². The molecule has 1 saturated heterocycles. The highest BCUT2D eigenvalue weighted by Gasteiger charge is 2.43. The van der Waals surface area contributed by atoms with E-state index in [4.69, 9.17) is 21.7 Å². The van der Waals surface area contributed by atoms with Gasteiger partial charge in [-0.25, -0.2) is 0 Å². The maximum Gasteiger partial charge on any atom is 0.416 e. The molecule has 0 aromatic heterocycles. The lowest BCUT2D eigenvalue weighted by atomic mass is 9.72. The summed E-state index contributed by atoms with van der Waals surface area (Å²) in [5.74, 6) is 1.05. The van der Waals surface area contributed by atoms with Crippen LogP contribution in [0.5, 0.6) is 5.75 Å². The van der Waals surface area contributed by atoms with E-state index in [1.165, 1.54) is 0 Å². The summed E-state index contributed by atoms with van der Waals surface area (Å²) in [6.45, 7) is 10.6. The molecule has 0 radical (unpaired) electrons. The summed E-state index contributed by atoms with van der Waals surface area (Å²) in [7, 11) is 1.63. The van der Waals surface area contributed by atoms with Gasteiger partial charge in [-0.3, -0.25) is 0 Å². The number of methoxy groups -OCH3 is 1. The third-order valence-corrected chi connectivity index (χ3v) is 8.41. The first-order chi connectivity index (χ1) is 18.9. The zero-order valence-electron chi connectivity index (χ0n) is 24.0. The lowest BCUT2D eigenvalue weighted by Gasteiger charge is -2.36.